The summed E-state index contributed by atoms with van der Waals surface area (Å²) in [5, 5.41) is 0. The molecule has 0 saturated heterocycles. The predicted molar refractivity (Wildman–Crippen MR) is 114 cm³/mol. The maximum atomic E-state index is 5.87. The van der Waals surface area contributed by atoms with E-state index in [1.54, 1.807) is 24.3 Å². The number of anilines is 4. The number of rotatable bonds is 0. The van der Waals surface area contributed by atoms with E-state index in [0.717, 1.165) is 0 Å². The van der Waals surface area contributed by atoms with Crippen molar-refractivity contribution in [2.75, 3.05) is 75.8 Å². The molecular weight excluding hydrogens is 392 g/mol. The van der Waals surface area contributed by atoms with Crippen LogP contribution in [-0.4, -0.2) is 52.9 Å². The van der Waals surface area contributed by atoms with Crippen LogP contribution in [0.25, 0.3) is 0 Å². The molecule has 10 nitrogen and oxygen atoms in total. The second kappa shape index (κ2) is 10.5. The topological polar surface area (TPSA) is 159 Å². The number of nitrogen functional groups attached to an aromatic ring is 4. The molecule has 0 spiro atoms. The highest BCUT2D eigenvalue weighted by molar-refractivity contribution is 5.70. The van der Waals surface area contributed by atoms with Crippen LogP contribution in [0.3, 0.4) is 0 Å². The summed E-state index contributed by atoms with van der Waals surface area (Å²) >= 11 is 0. The largest absolute Gasteiger partial charge is 0.487 e. The van der Waals surface area contributed by atoms with Crippen LogP contribution in [0.2, 0.25) is 0 Å². The lowest BCUT2D eigenvalue weighted by Gasteiger charge is -2.17. The van der Waals surface area contributed by atoms with Gasteiger partial charge in [-0.05, 0) is 0 Å². The standard InChI is InChI=1S/C20H28N4O6/c21-13-9-17-18(10-14(13)22)29-7-3-26-4-8-30-20-12-16(24)15(23)11-19(20)28-6-2-25-1-5-27-17/h9-12H,1-8,21-24H2. The number of ether oxygens (including phenoxy) is 6. The van der Waals surface area contributed by atoms with Crippen molar-refractivity contribution in [1.82, 2.24) is 0 Å². The molecule has 1 heterocycles. The van der Waals surface area contributed by atoms with Gasteiger partial charge in [0.25, 0.3) is 0 Å². The highest BCUT2D eigenvalue weighted by Crippen LogP contribution is 2.35. The molecule has 0 radical (unpaired) electrons. The van der Waals surface area contributed by atoms with Crippen molar-refractivity contribution in [3.63, 3.8) is 0 Å². The van der Waals surface area contributed by atoms with Gasteiger partial charge in [0, 0.05) is 24.3 Å². The maximum Gasteiger partial charge on any atom is 0.163 e. The Kier molecular flexibility index (Phi) is 7.52. The van der Waals surface area contributed by atoms with Gasteiger partial charge in [-0.1, -0.05) is 0 Å². The Bertz CT molecular complexity index is 713. The van der Waals surface area contributed by atoms with E-state index in [9.17, 15) is 0 Å². The Labute approximate surface area is 174 Å². The average molecular weight is 420 g/mol. The van der Waals surface area contributed by atoms with Crippen LogP contribution in [-0.2, 0) is 9.47 Å². The van der Waals surface area contributed by atoms with Crippen LogP contribution >= 0.6 is 0 Å². The van der Waals surface area contributed by atoms with Gasteiger partial charge in [-0.15, -0.1) is 0 Å². The molecule has 0 atom stereocenters. The van der Waals surface area contributed by atoms with Gasteiger partial charge in [-0.2, -0.15) is 0 Å². The molecule has 0 bridgehead atoms. The molecule has 8 N–H and O–H groups in total. The van der Waals surface area contributed by atoms with Crippen molar-refractivity contribution in [2.24, 2.45) is 0 Å². The summed E-state index contributed by atoms with van der Waals surface area (Å²) in [6.07, 6.45) is 0. The van der Waals surface area contributed by atoms with Gasteiger partial charge in [-0.3, -0.25) is 0 Å². The van der Waals surface area contributed by atoms with Crippen LogP contribution in [0.4, 0.5) is 22.7 Å². The van der Waals surface area contributed by atoms with E-state index >= 15 is 0 Å². The first-order valence-corrected chi connectivity index (χ1v) is 9.59. The van der Waals surface area contributed by atoms with E-state index in [2.05, 4.69) is 0 Å². The molecule has 0 aromatic heterocycles. The molecule has 1 aliphatic rings. The van der Waals surface area contributed by atoms with Crippen molar-refractivity contribution in [1.29, 1.82) is 0 Å². The van der Waals surface area contributed by atoms with Gasteiger partial charge in [0.1, 0.15) is 26.4 Å². The van der Waals surface area contributed by atoms with Crippen LogP contribution in [0.5, 0.6) is 23.0 Å². The third-order valence-corrected chi connectivity index (χ3v) is 4.24. The molecule has 0 aliphatic carbocycles. The van der Waals surface area contributed by atoms with Crippen molar-refractivity contribution >= 4 is 22.7 Å². The second-order valence-corrected chi connectivity index (χ2v) is 6.47. The van der Waals surface area contributed by atoms with E-state index < -0.39 is 0 Å². The van der Waals surface area contributed by atoms with E-state index in [1.165, 1.54) is 0 Å². The fourth-order valence-electron chi connectivity index (χ4n) is 2.68. The lowest BCUT2D eigenvalue weighted by Crippen LogP contribution is -2.16. The first kappa shape index (κ1) is 21.5. The zero-order chi connectivity index (χ0) is 21.3. The van der Waals surface area contributed by atoms with E-state index in [1.807, 2.05) is 0 Å². The minimum Gasteiger partial charge on any atom is -0.487 e. The SMILES string of the molecule is Nc1cc2c(cc1N)OCCOCCOc1cc(N)c(N)cc1OCCOCCO2. The number of fused-ring (bicyclic) bond motifs is 2. The Hall–Kier alpha value is -3.24. The molecule has 164 valence electrons. The minimum atomic E-state index is 0.305. The van der Waals surface area contributed by atoms with Crippen LogP contribution < -0.4 is 41.9 Å². The zero-order valence-corrected chi connectivity index (χ0v) is 16.7. The maximum absolute atomic E-state index is 5.87. The van der Waals surface area contributed by atoms with E-state index in [-0.39, 0.29) is 0 Å². The van der Waals surface area contributed by atoms with Crippen LogP contribution in [0, 0.1) is 0 Å². The van der Waals surface area contributed by atoms with Gasteiger partial charge in [0.2, 0.25) is 0 Å². The van der Waals surface area contributed by atoms with Gasteiger partial charge < -0.3 is 51.4 Å². The molecule has 0 saturated carbocycles. The van der Waals surface area contributed by atoms with Gasteiger partial charge >= 0.3 is 0 Å². The molecule has 3 rings (SSSR count). The Balaban J connectivity index is 1.64. The average Bonchev–Trinajstić information content (AvgIpc) is 2.72. The Morgan fingerprint density at radius 1 is 0.400 bits per heavy atom. The van der Waals surface area contributed by atoms with Crippen molar-refractivity contribution in [3.8, 4) is 23.0 Å². The van der Waals surface area contributed by atoms with Crippen molar-refractivity contribution in [2.45, 2.75) is 0 Å². The predicted octanol–water partition coefficient (Wildman–Crippen LogP) is 1.28. The molecule has 0 unspecified atom stereocenters. The quantitative estimate of drug-likeness (QED) is 0.457. The number of hydrogen-bond acceptors (Lipinski definition) is 10. The first-order valence-electron chi connectivity index (χ1n) is 9.59. The normalized spacial score (nSPS) is 16.3. The zero-order valence-electron chi connectivity index (χ0n) is 16.7. The number of hydrogen-bond donors (Lipinski definition) is 4. The molecule has 1 aliphatic heterocycles. The summed E-state index contributed by atoms with van der Waals surface area (Å²) in [5.41, 5.74) is 25.2. The molecule has 2 aromatic carbocycles. The van der Waals surface area contributed by atoms with E-state index in [0.29, 0.717) is 98.6 Å². The van der Waals surface area contributed by atoms with Crippen molar-refractivity contribution < 1.29 is 28.4 Å². The molecule has 10 heteroatoms. The number of nitrogens with two attached hydrogens (primary N) is 4. The Morgan fingerprint density at radius 2 is 0.633 bits per heavy atom. The van der Waals surface area contributed by atoms with Crippen LogP contribution in [0.1, 0.15) is 0 Å². The fourth-order valence-corrected chi connectivity index (χ4v) is 2.68. The van der Waals surface area contributed by atoms with Crippen molar-refractivity contribution in [3.05, 3.63) is 24.3 Å². The summed E-state index contributed by atoms with van der Waals surface area (Å²) in [7, 11) is 0. The summed E-state index contributed by atoms with van der Waals surface area (Å²) in [5.74, 6) is 1.97. The van der Waals surface area contributed by atoms with Crippen LogP contribution in [0.15, 0.2) is 24.3 Å². The summed E-state index contributed by atoms with van der Waals surface area (Å²) in [6.45, 7) is 2.62. The molecule has 2 aromatic rings. The lowest BCUT2D eigenvalue weighted by atomic mass is 10.2. The van der Waals surface area contributed by atoms with Gasteiger partial charge in [-0.25, -0.2) is 0 Å². The molecule has 0 amide bonds. The second-order valence-electron chi connectivity index (χ2n) is 6.47. The van der Waals surface area contributed by atoms with Gasteiger partial charge in [0.05, 0.1) is 49.2 Å². The monoisotopic (exact) mass is 420 g/mol. The minimum absolute atomic E-state index is 0.305. The first-order chi connectivity index (χ1) is 14.5. The summed E-state index contributed by atoms with van der Waals surface area (Å²) in [6, 6.07) is 6.53. The Morgan fingerprint density at radius 3 is 0.867 bits per heavy atom. The molecular formula is C20H28N4O6. The fraction of sp³-hybridized carbons (Fsp3) is 0.400. The smallest absolute Gasteiger partial charge is 0.163 e. The summed E-state index contributed by atoms with van der Waals surface area (Å²) in [4.78, 5) is 0. The van der Waals surface area contributed by atoms with Gasteiger partial charge in [0.15, 0.2) is 23.0 Å². The third kappa shape index (κ3) is 5.88. The molecule has 30 heavy (non-hydrogen) atoms. The lowest BCUT2D eigenvalue weighted by molar-refractivity contribution is 0.0641. The highest BCUT2D eigenvalue weighted by atomic mass is 16.6. The molecule has 0 fully saturated rings. The number of benzene rings is 2. The summed E-state index contributed by atoms with van der Waals surface area (Å²) < 4.78 is 34.1. The van der Waals surface area contributed by atoms with E-state index in [4.69, 9.17) is 51.4 Å². The third-order valence-electron chi connectivity index (χ3n) is 4.24. The highest BCUT2D eigenvalue weighted by Gasteiger charge is 2.12.